The highest BCUT2D eigenvalue weighted by molar-refractivity contribution is 9.12. The average Bonchev–Trinajstić information content (AvgIpc) is 2.38. The lowest BCUT2D eigenvalue weighted by Crippen LogP contribution is -2.17. The number of rotatable bonds is 0. The van der Waals surface area contributed by atoms with Gasteiger partial charge in [0.1, 0.15) is 0 Å². The highest BCUT2D eigenvalue weighted by atomic mass is 79.9. The van der Waals surface area contributed by atoms with Gasteiger partial charge < -0.3 is 10.4 Å². The molecule has 0 spiro atoms. The van der Waals surface area contributed by atoms with Gasteiger partial charge in [-0.05, 0) is 35.8 Å². The predicted molar refractivity (Wildman–Crippen MR) is 83.6 cm³/mol. The molecule has 2 nitrogen and oxygen atoms in total. The Morgan fingerprint density at radius 1 is 1.37 bits per heavy atom. The number of benzene rings is 1. The van der Waals surface area contributed by atoms with E-state index in [0.29, 0.717) is 11.4 Å². The summed E-state index contributed by atoms with van der Waals surface area (Å²) in [5, 5.41) is 14.4. The van der Waals surface area contributed by atoms with Crippen LogP contribution in [0.25, 0.3) is 5.57 Å². The fourth-order valence-corrected chi connectivity index (χ4v) is 3.17. The SMILES string of the molecule is OC1CC=CC2=C1c1cc(Cl)ccc1NCC=C2Br. The number of hydrogen-bond acceptors (Lipinski definition) is 2. The normalized spacial score (nSPS) is 21.8. The van der Waals surface area contributed by atoms with Gasteiger partial charge in [0.2, 0.25) is 0 Å². The molecule has 0 fully saturated rings. The Kier molecular flexibility index (Phi) is 3.52. The molecule has 19 heavy (non-hydrogen) atoms. The quantitative estimate of drug-likeness (QED) is 0.746. The Morgan fingerprint density at radius 3 is 3.05 bits per heavy atom. The molecule has 0 saturated carbocycles. The van der Waals surface area contributed by atoms with Crippen molar-refractivity contribution in [2.24, 2.45) is 0 Å². The van der Waals surface area contributed by atoms with Crippen LogP contribution < -0.4 is 5.32 Å². The van der Waals surface area contributed by atoms with Crippen molar-refractivity contribution < 1.29 is 5.11 Å². The van der Waals surface area contributed by atoms with Crippen LogP contribution in [0.4, 0.5) is 5.69 Å². The second-order valence-electron chi connectivity index (χ2n) is 4.60. The van der Waals surface area contributed by atoms with Gasteiger partial charge in [-0.15, -0.1) is 0 Å². The predicted octanol–water partition coefficient (Wildman–Crippen LogP) is 4.12. The maximum atomic E-state index is 10.3. The highest BCUT2D eigenvalue weighted by Gasteiger charge is 2.24. The summed E-state index contributed by atoms with van der Waals surface area (Å²) in [7, 11) is 0. The molecular formula is C15H13BrClNO. The van der Waals surface area contributed by atoms with E-state index in [4.69, 9.17) is 11.6 Å². The lowest BCUT2D eigenvalue weighted by Gasteiger charge is -2.26. The third kappa shape index (κ3) is 2.38. The number of allylic oxidation sites excluding steroid dienone is 3. The summed E-state index contributed by atoms with van der Waals surface area (Å²) in [6.07, 6.45) is 6.25. The van der Waals surface area contributed by atoms with E-state index in [1.807, 2.05) is 24.3 Å². The van der Waals surface area contributed by atoms with Crippen molar-refractivity contribution in [2.75, 3.05) is 11.9 Å². The minimum atomic E-state index is -0.502. The largest absolute Gasteiger partial charge is 0.388 e. The van der Waals surface area contributed by atoms with Crippen LogP contribution in [0.15, 0.2) is 46.5 Å². The van der Waals surface area contributed by atoms with Gasteiger partial charge in [-0.25, -0.2) is 0 Å². The van der Waals surface area contributed by atoms with Crippen LogP contribution in [0, 0.1) is 0 Å². The number of anilines is 1. The molecule has 0 saturated heterocycles. The fourth-order valence-electron chi connectivity index (χ4n) is 2.49. The highest BCUT2D eigenvalue weighted by Crippen LogP contribution is 2.39. The van der Waals surface area contributed by atoms with Crippen LogP contribution in [-0.2, 0) is 0 Å². The van der Waals surface area contributed by atoms with E-state index in [1.165, 1.54) is 0 Å². The van der Waals surface area contributed by atoms with Crippen molar-refractivity contribution in [2.45, 2.75) is 12.5 Å². The molecule has 1 aliphatic carbocycles. The number of aliphatic hydroxyl groups is 1. The minimum Gasteiger partial charge on any atom is -0.388 e. The number of aliphatic hydroxyl groups excluding tert-OH is 1. The summed E-state index contributed by atoms with van der Waals surface area (Å²) < 4.78 is 0.996. The molecule has 98 valence electrons. The van der Waals surface area contributed by atoms with Crippen LogP contribution in [0.1, 0.15) is 12.0 Å². The fraction of sp³-hybridized carbons (Fsp3) is 0.200. The van der Waals surface area contributed by atoms with Gasteiger partial charge in [-0.2, -0.15) is 0 Å². The standard InChI is InChI=1S/C15H13BrClNO/c16-12-6-7-18-13-5-4-9(17)8-11(13)15-10(12)2-1-3-14(15)19/h1-2,4-6,8,14,18-19H,3,7H2. The molecule has 2 N–H and O–H groups in total. The first-order chi connectivity index (χ1) is 9.16. The van der Waals surface area contributed by atoms with E-state index in [2.05, 4.69) is 33.4 Å². The Morgan fingerprint density at radius 2 is 2.21 bits per heavy atom. The number of hydrogen-bond donors (Lipinski definition) is 2. The molecular weight excluding hydrogens is 326 g/mol. The Bertz CT molecular complexity index is 619. The van der Waals surface area contributed by atoms with Crippen molar-refractivity contribution in [3.05, 3.63) is 57.1 Å². The van der Waals surface area contributed by atoms with Gasteiger partial charge in [-0.3, -0.25) is 0 Å². The summed E-state index contributed by atoms with van der Waals surface area (Å²) in [5.74, 6) is 0. The zero-order valence-electron chi connectivity index (χ0n) is 10.2. The summed E-state index contributed by atoms with van der Waals surface area (Å²) in [4.78, 5) is 0. The van der Waals surface area contributed by atoms with Crippen LogP contribution in [0.3, 0.4) is 0 Å². The first-order valence-corrected chi connectivity index (χ1v) is 7.32. The summed E-state index contributed by atoms with van der Waals surface area (Å²) in [6.45, 7) is 0.732. The Hall–Kier alpha value is -1.03. The average molecular weight is 339 g/mol. The lowest BCUT2D eigenvalue weighted by atomic mass is 9.87. The van der Waals surface area contributed by atoms with Crippen LogP contribution in [0.2, 0.25) is 5.02 Å². The number of halogens is 2. The van der Waals surface area contributed by atoms with Crippen molar-refractivity contribution in [1.29, 1.82) is 0 Å². The van der Waals surface area contributed by atoms with Crippen LogP contribution in [-0.4, -0.2) is 17.8 Å². The topological polar surface area (TPSA) is 32.3 Å². The van der Waals surface area contributed by atoms with Gasteiger partial charge in [0.05, 0.1) is 6.10 Å². The first-order valence-electron chi connectivity index (χ1n) is 6.15. The van der Waals surface area contributed by atoms with E-state index < -0.39 is 6.10 Å². The Balaban J connectivity index is 2.29. The van der Waals surface area contributed by atoms with Crippen molar-refractivity contribution in [1.82, 2.24) is 0 Å². The van der Waals surface area contributed by atoms with Crippen molar-refractivity contribution >= 4 is 38.8 Å². The molecule has 3 rings (SSSR count). The second-order valence-corrected chi connectivity index (χ2v) is 5.89. The van der Waals surface area contributed by atoms with Gasteiger partial charge in [0.25, 0.3) is 0 Å². The molecule has 0 aromatic heterocycles. The molecule has 1 heterocycles. The maximum absolute atomic E-state index is 10.3. The van der Waals surface area contributed by atoms with Gasteiger partial charge in [0.15, 0.2) is 0 Å². The number of nitrogens with one attached hydrogen (secondary N) is 1. The van der Waals surface area contributed by atoms with Gasteiger partial charge >= 0.3 is 0 Å². The van der Waals surface area contributed by atoms with Gasteiger partial charge in [0, 0.05) is 27.3 Å². The first kappa shape index (κ1) is 13.0. The molecule has 0 radical (unpaired) electrons. The number of fused-ring (bicyclic) bond motifs is 2. The Labute approximate surface area is 125 Å². The van der Waals surface area contributed by atoms with Crippen molar-refractivity contribution in [3.63, 3.8) is 0 Å². The molecule has 0 bridgehead atoms. The van der Waals surface area contributed by atoms with Crippen molar-refractivity contribution in [3.8, 4) is 0 Å². The minimum absolute atomic E-state index is 0.502. The van der Waals surface area contributed by atoms with E-state index in [0.717, 1.165) is 33.4 Å². The van der Waals surface area contributed by atoms with Crippen LogP contribution >= 0.6 is 27.5 Å². The summed E-state index contributed by atoms with van der Waals surface area (Å²) >= 11 is 9.69. The molecule has 0 amide bonds. The smallest absolute Gasteiger partial charge is 0.0837 e. The molecule has 1 aromatic carbocycles. The lowest BCUT2D eigenvalue weighted by molar-refractivity contribution is 0.234. The summed E-state index contributed by atoms with van der Waals surface area (Å²) in [6, 6.07) is 5.73. The molecule has 1 unspecified atom stereocenters. The molecule has 4 heteroatoms. The molecule has 1 atom stereocenters. The van der Waals surface area contributed by atoms with Crippen LogP contribution in [0.5, 0.6) is 0 Å². The third-order valence-electron chi connectivity index (χ3n) is 3.37. The molecule has 1 aromatic rings. The van der Waals surface area contributed by atoms with Gasteiger partial charge in [-0.1, -0.05) is 45.8 Å². The zero-order valence-corrected chi connectivity index (χ0v) is 12.5. The third-order valence-corrected chi connectivity index (χ3v) is 4.36. The summed E-state index contributed by atoms with van der Waals surface area (Å²) in [5.41, 5.74) is 3.94. The van der Waals surface area contributed by atoms with E-state index in [9.17, 15) is 5.11 Å². The van der Waals surface area contributed by atoms with E-state index in [-0.39, 0.29) is 0 Å². The maximum Gasteiger partial charge on any atom is 0.0837 e. The molecule has 2 aliphatic rings. The zero-order chi connectivity index (χ0) is 13.4. The molecule has 1 aliphatic heterocycles. The second kappa shape index (κ2) is 5.16. The van der Waals surface area contributed by atoms with E-state index in [1.54, 1.807) is 0 Å². The monoisotopic (exact) mass is 337 g/mol. The van der Waals surface area contributed by atoms with E-state index >= 15 is 0 Å².